The van der Waals surface area contributed by atoms with Gasteiger partial charge in [0.2, 0.25) is 11.8 Å². The summed E-state index contributed by atoms with van der Waals surface area (Å²) in [4.78, 5) is 24.4. The van der Waals surface area contributed by atoms with E-state index in [0.717, 1.165) is 6.42 Å². The number of amides is 2. The van der Waals surface area contributed by atoms with Gasteiger partial charge >= 0.3 is 0 Å². The van der Waals surface area contributed by atoms with Gasteiger partial charge in [0.15, 0.2) is 0 Å². The molecule has 0 fully saturated rings. The molecule has 2 aromatic rings. The van der Waals surface area contributed by atoms with E-state index in [1.54, 1.807) is 42.5 Å². The van der Waals surface area contributed by atoms with Gasteiger partial charge in [-0.25, -0.2) is 0 Å². The zero-order chi connectivity index (χ0) is 15.9. The number of rotatable bonds is 7. The molecule has 0 unspecified atom stereocenters. The summed E-state index contributed by atoms with van der Waals surface area (Å²) >= 11 is 1.68. The van der Waals surface area contributed by atoms with E-state index in [1.165, 1.54) is 4.88 Å². The highest BCUT2D eigenvalue weighted by Crippen LogP contribution is 2.12. The zero-order valence-electron chi connectivity index (χ0n) is 12.3. The van der Waals surface area contributed by atoms with Crippen molar-refractivity contribution < 1.29 is 9.59 Å². The van der Waals surface area contributed by atoms with Crippen LogP contribution in [0.5, 0.6) is 0 Å². The van der Waals surface area contributed by atoms with E-state index in [1.807, 2.05) is 17.5 Å². The summed E-state index contributed by atoms with van der Waals surface area (Å²) in [6.07, 6.45) is 0.827. The molecule has 1 atom stereocenters. The molecule has 1 aromatic heterocycles. The summed E-state index contributed by atoms with van der Waals surface area (Å²) in [7, 11) is 0. The van der Waals surface area contributed by atoms with Gasteiger partial charge < -0.3 is 16.4 Å². The van der Waals surface area contributed by atoms with Gasteiger partial charge in [-0.3, -0.25) is 9.59 Å². The number of nitrogens with two attached hydrogens (primary N) is 1. The van der Waals surface area contributed by atoms with Gasteiger partial charge in [-0.1, -0.05) is 12.1 Å². The molecule has 22 heavy (non-hydrogen) atoms. The van der Waals surface area contributed by atoms with Crippen LogP contribution in [0, 0.1) is 0 Å². The minimum Gasteiger partial charge on any atom is -0.374 e. The number of carbonyl (C=O) groups is 2. The second-order valence-corrected chi connectivity index (χ2v) is 5.96. The van der Waals surface area contributed by atoms with Crippen molar-refractivity contribution in [3.05, 3.63) is 52.2 Å². The molecule has 5 nitrogen and oxygen atoms in total. The van der Waals surface area contributed by atoms with Crippen molar-refractivity contribution in [3.63, 3.8) is 0 Å². The number of benzene rings is 1. The lowest BCUT2D eigenvalue weighted by Gasteiger charge is -2.15. The Morgan fingerprint density at radius 1 is 1.27 bits per heavy atom. The van der Waals surface area contributed by atoms with Gasteiger partial charge in [-0.2, -0.15) is 0 Å². The van der Waals surface area contributed by atoms with Gasteiger partial charge in [-0.15, -0.1) is 11.3 Å². The van der Waals surface area contributed by atoms with E-state index in [-0.39, 0.29) is 5.91 Å². The number of carbonyl (C=O) groups excluding carboxylic acids is 2. The molecule has 0 saturated heterocycles. The van der Waals surface area contributed by atoms with Crippen molar-refractivity contribution in [2.45, 2.75) is 19.4 Å². The molecule has 0 radical (unpaired) electrons. The van der Waals surface area contributed by atoms with Crippen LogP contribution in [0.25, 0.3) is 0 Å². The van der Waals surface area contributed by atoms with Gasteiger partial charge in [0.25, 0.3) is 0 Å². The first-order valence-corrected chi connectivity index (χ1v) is 7.90. The lowest BCUT2D eigenvalue weighted by molar-refractivity contribution is -0.121. The highest BCUT2D eigenvalue weighted by Gasteiger charge is 2.12. The van der Waals surface area contributed by atoms with Crippen molar-refractivity contribution >= 4 is 28.8 Å². The average molecular weight is 317 g/mol. The lowest BCUT2D eigenvalue weighted by atomic mass is 10.2. The summed E-state index contributed by atoms with van der Waals surface area (Å²) < 4.78 is 0. The zero-order valence-corrected chi connectivity index (χ0v) is 13.2. The fraction of sp³-hybridized carbons (Fsp3) is 0.250. The Bertz CT molecular complexity index is 641. The third kappa shape index (κ3) is 4.60. The molecule has 4 N–H and O–H groups in total. The fourth-order valence-electron chi connectivity index (χ4n) is 1.99. The topological polar surface area (TPSA) is 84.2 Å². The maximum atomic E-state index is 12.0. The van der Waals surface area contributed by atoms with Crippen LogP contribution in [-0.2, 0) is 11.2 Å². The first-order chi connectivity index (χ1) is 10.6. The Hall–Kier alpha value is -2.34. The third-order valence-electron chi connectivity index (χ3n) is 3.17. The van der Waals surface area contributed by atoms with E-state index in [4.69, 9.17) is 5.73 Å². The minimum atomic E-state index is -0.489. The molecule has 0 spiro atoms. The number of hydrogen-bond donors (Lipinski definition) is 3. The summed E-state index contributed by atoms with van der Waals surface area (Å²) in [5, 5.41) is 7.98. The molecule has 1 aromatic carbocycles. The SMILES string of the molecule is C[C@@H](Nc1cccc(C(N)=O)c1)C(=O)NCCc1cccs1. The minimum absolute atomic E-state index is 0.0824. The number of anilines is 1. The Kier molecular flexibility index (Phi) is 5.55. The van der Waals surface area contributed by atoms with E-state index in [9.17, 15) is 9.59 Å². The largest absolute Gasteiger partial charge is 0.374 e. The molecule has 1 heterocycles. The van der Waals surface area contributed by atoms with Crippen LogP contribution in [0.15, 0.2) is 41.8 Å². The second kappa shape index (κ2) is 7.61. The molecule has 0 saturated carbocycles. The van der Waals surface area contributed by atoms with Crippen LogP contribution >= 0.6 is 11.3 Å². The van der Waals surface area contributed by atoms with Crippen LogP contribution in [0.2, 0.25) is 0 Å². The highest BCUT2D eigenvalue weighted by molar-refractivity contribution is 7.09. The lowest BCUT2D eigenvalue weighted by Crippen LogP contribution is -2.38. The molecule has 0 bridgehead atoms. The molecular weight excluding hydrogens is 298 g/mol. The molecule has 116 valence electrons. The molecule has 6 heteroatoms. The molecule has 0 aliphatic rings. The van der Waals surface area contributed by atoms with Crippen LogP contribution in [-0.4, -0.2) is 24.4 Å². The van der Waals surface area contributed by atoms with Gasteiger partial charge in [-0.05, 0) is 43.0 Å². The molecule has 0 aliphatic heterocycles. The van der Waals surface area contributed by atoms with Crippen molar-refractivity contribution in [1.29, 1.82) is 0 Å². The summed E-state index contributed by atoms with van der Waals surface area (Å²) in [6, 6.07) is 10.4. The monoisotopic (exact) mass is 317 g/mol. The first kappa shape index (κ1) is 16.0. The van der Waals surface area contributed by atoms with Gasteiger partial charge in [0, 0.05) is 22.7 Å². The predicted molar refractivity (Wildman–Crippen MR) is 89.1 cm³/mol. The Morgan fingerprint density at radius 3 is 2.77 bits per heavy atom. The standard InChI is InChI=1S/C16H19N3O2S/c1-11(16(21)18-8-7-14-6-3-9-22-14)19-13-5-2-4-12(10-13)15(17)20/h2-6,9-11,19H,7-8H2,1H3,(H2,17,20)(H,18,21)/t11-/m1/s1. The third-order valence-corrected chi connectivity index (χ3v) is 4.11. The molecule has 2 amide bonds. The first-order valence-electron chi connectivity index (χ1n) is 7.03. The number of nitrogens with one attached hydrogen (secondary N) is 2. The number of primary amides is 1. The summed E-state index contributed by atoms with van der Waals surface area (Å²) in [6.45, 7) is 2.38. The van der Waals surface area contributed by atoms with Crippen molar-refractivity contribution in [1.82, 2.24) is 5.32 Å². The molecular formula is C16H19N3O2S. The van der Waals surface area contributed by atoms with Crippen LogP contribution in [0.3, 0.4) is 0 Å². The van der Waals surface area contributed by atoms with Gasteiger partial charge in [0.05, 0.1) is 0 Å². The quantitative estimate of drug-likeness (QED) is 0.730. The number of hydrogen-bond acceptors (Lipinski definition) is 4. The maximum absolute atomic E-state index is 12.0. The van der Waals surface area contributed by atoms with E-state index in [2.05, 4.69) is 10.6 Å². The van der Waals surface area contributed by atoms with Crippen LogP contribution < -0.4 is 16.4 Å². The number of thiophene rings is 1. The Labute approximate surface area is 133 Å². The smallest absolute Gasteiger partial charge is 0.248 e. The van der Waals surface area contributed by atoms with Crippen LogP contribution in [0.4, 0.5) is 5.69 Å². The predicted octanol–water partition coefficient (Wildman–Crippen LogP) is 2.01. The second-order valence-electron chi connectivity index (χ2n) is 4.93. The van der Waals surface area contributed by atoms with Crippen molar-refractivity contribution in [3.8, 4) is 0 Å². The van der Waals surface area contributed by atoms with E-state index in [0.29, 0.717) is 17.8 Å². The Balaban J connectivity index is 1.83. The molecule has 0 aliphatic carbocycles. The summed E-state index contributed by atoms with van der Waals surface area (Å²) in [5.74, 6) is -0.572. The normalized spacial score (nSPS) is 11.7. The summed E-state index contributed by atoms with van der Waals surface area (Å²) in [5.41, 5.74) is 6.34. The van der Waals surface area contributed by atoms with Gasteiger partial charge in [0.1, 0.15) is 6.04 Å². The Morgan fingerprint density at radius 2 is 2.09 bits per heavy atom. The molecule has 2 rings (SSSR count). The highest BCUT2D eigenvalue weighted by atomic mass is 32.1. The van der Waals surface area contributed by atoms with Crippen LogP contribution in [0.1, 0.15) is 22.2 Å². The van der Waals surface area contributed by atoms with E-state index >= 15 is 0 Å². The average Bonchev–Trinajstić information content (AvgIpc) is 3.00. The van der Waals surface area contributed by atoms with Crippen molar-refractivity contribution in [2.75, 3.05) is 11.9 Å². The van der Waals surface area contributed by atoms with E-state index < -0.39 is 11.9 Å². The maximum Gasteiger partial charge on any atom is 0.248 e. The van der Waals surface area contributed by atoms with Crippen molar-refractivity contribution in [2.24, 2.45) is 5.73 Å². The fourth-order valence-corrected chi connectivity index (χ4v) is 2.70.